The van der Waals surface area contributed by atoms with Crippen molar-refractivity contribution in [1.82, 2.24) is 18.7 Å². The van der Waals surface area contributed by atoms with Crippen LogP contribution in [0.5, 0.6) is 34.5 Å². The van der Waals surface area contributed by atoms with Crippen molar-refractivity contribution in [2.75, 3.05) is 7.11 Å². The molecule has 0 saturated carbocycles. The van der Waals surface area contributed by atoms with Gasteiger partial charge >= 0.3 is 0 Å². The van der Waals surface area contributed by atoms with Gasteiger partial charge in [-0.15, -0.1) is 0 Å². The number of hydrogen-bond donors (Lipinski definition) is 1. The molecule has 18 heteroatoms. The highest BCUT2D eigenvalue weighted by Crippen LogP contribution is 2.42. The lowest BCUT2D eigenvalue weighted by molar-refractivity contribution is 0.356. The van der Waals surface area contributed by atoms with Crippen molar-refractivity contribution in [3.05, 3.63) is 123 Å². The summed E-state index contributed by atoms with van der Waals surface area (Å²) in [6.45, 7) is 2.26. The molecule has 298 valence electrons. The first-order valence-corrected chi connectivity index (χ1v) is 19.7. The summed E-state index contributed by atoms with van der Waals surface area (Å²) >= 11 is 36.9. The van der Waals surface area contributed by atoms with Crippen LogP contribution < -0.4 is 25.3 Å². The van der Waals surface area contributed by atoms with E-state index in [1.807, 2.05) is 0 Å². The van der Waals surface area contributed by atoms with Gasteiger partial charge < -0.3 is 19.3 Å². The van der Waals surface area contributed by atoms with Gasteiger partial charge in [0.2, 0.25) is 0 Å². The van der Waals surface area contributed by atoms with E-state index in [4.69, 9.17) is 83.8 Å². The highest BCUT2D eigenvalue weighted by Gasteiger charge is 2.27. The highest BCUT2D eigenvalue weighted by molar-refractivity contribution is 6.34. The van der Waals surface area contributed by atoms with Crippen molar-refractivity contribution in [1.29, 1.82) is 0 Å². The number of aromatic hydroxyl groups is 1. The van der Waals surface area contributed by atoms with Gasteiger partial charge in [-0.05, 0) is 74.2 Å². The summed E-state index contributed by atoms with van der Waals surface area (Å²) in [5.41, 5.74) is -0.547. The third-order valence-corrected chi connectivity index (χ3v) is 11.2. The predicted octanol–water partition coefficient (Wildman–Crippen LogP) is 11.7. The van der Waals surface area contributed by atoms with E-state index in [0.29, 0.717) is 47.7 Å². The molecule has 10 nitrogen and oxygen atoms in total. The fourth-order valence-corrected chi connectivity index (χ4v) is 8.07. The largest absolute Gasteiger partial charge is 0.504 e. The van der Waals surface area contributed by atoms with E-state index in [1.54, 1.807) is 27.6 Å². The molecule has 4 aromatic carbocycles. The van der Waals surface area contributed by atoms with Crippen molar-refractivity contribution in [2.24, 2.45) is 0 Å². The van der Waals surface area contributed by atoms with E-state index in [2.05, 4.69) is 0 Å². The molecule has 2 aromatic heterocycles. The number of halogens is 8. The number of phenols is 1. The van der Waals surface area contributed by atoms with Crippen molar-refractivity contribution in [2.45, 2.75) is 51.9 Å². The number of aromatic nitrogens is 4. The minimum Gasteiger partial charge on any atom is -0.504 e. The highest BCUT2D eigenvalue weighted by atomic mass is 35.5. The second-order valence-corrected chi connectivity index (χ2v) is 15.4. The molecule has 0 atom stereocenters. The smallest absolute Gasteiger partial charge is 0.276 e. The number of hydrogen-bond acceptors (Lipinski definition) is 6. The van der Waals surface area contributed by atoms with E-state index < -0.39 is 11.6 Å². The quantitative estimate of drug-likeness (QED) is 0.171. The van der Waals surface area contributed by atoms with E-state index in [9.17, 15) is 23.5 Å². The average Bonchev–Trinajstić information content (AvgIpc) is 3.59. The van der Waals surface area contributed by atoms with Gasteiger partial charge in [-0.1, -0.05) is 69.6 Å². The van der Waals surface area contributed by atoms with Crippen LogP contribution in [0.3, 0.4) is 0 Å². The maximum atomic E-state index is 14.8. The Kier molecular flexibility index (Phi) is 12.1. The second kappa shape index (κ2) is 16.9. The van der Waals surface area contributed by atoms with Crippen molar-refractivity contribution in [3.63, 3.8) is 0 Å². The maximum Gasteiger partial charge on any atom is 0.276 e. The molecule has 6 aromatic rings. The van der Waals surface area contributed by atoms with E-state index in [-0.39, 0.29) is 76.7 Å². The van der Waals surface area contributed by atoms with Gasteiger partial charge in [0.15, 0.2) is 23.0 Å². The minimum absolute atomic E-state index is 0.0164. The lowest BCUT2D eigenvalue weighted by Crippen LogP contribution is -2.27. The average molecular weight is 901 g/mol. The summed E-state index contributed by atoms with van der Waals surface area (Å²) in [7, 11) is 1.47. The predicted molar refractivity (Wildman–Crippen MR) is 218 cm³/mol. The summed E-state index contributed by atoms with van der Waals surface area (Å²) < 4.78 is 52.6. The van der Waals surface area contributed by atoms with Gasteiger partial charge in [-0.2, -0.15) is 0 Å². The molecule has 0 saturated heterocycles. The van der Waals surface area contributed by atoms with Crippen molar-refractivity contribution >= 4 is 69.6 Å². The molecule has 2 aliphatic rings. The summed E-state index contributed by atoms with van der Waals surface area (Å²) in [6, 6.07) is 13.9. The Morgan fingerprint density at radius 3 is 1.40 bits per heavy atom. The Morgan fingerprint density at radius 2 is 0.965 bits per heavy atom. The van der Waals surface area contributed by atoms with Gasteiger partial charge in [0, 0.05) is 59.5 Å². The molecule has 0 unspecified atom stereocenters. The molecular formula is C39H30Cl6F2N4O6. The molecule has 0 radical (unpaired) electrons. The second-order valence-electron chi connectivity index (χ2n) is 13.0. The zero-order valence-corrected chi connectivity index (χ0v) is 34.3. The zero-order valence-electron chi connectivity index (χ0n) is 29.7. The van der Waals surface area contributed by atoms with Crippen LogP contribution in [-0.4, -0.2) is 30.9 Å². The standard InChI is InChI=1S/C20H16Cl3FN2O3.C19H14Cl3FN2O3/c1-28-17-8-11(21)4-5-15(17)29-16-9-12(14(24)10-13(16)22)18-19(23)25-6-2-3-7-26(25)20(18)27;20-10-3-4-15(14(26)7-10)28-16-8-11(13(23)9-12(16)21)17-18(22)24-5-1-2-6-25(24)19(17)27/h4-5,8-10H,2-3,6-7H2,1H3;3-4,7-9,26H,1-2,5-6H2. The van der Waals surface area contributed by atoms with Crippen LogP contribution in [0, 0.1) is 11.6 Å². The first-order valence-electron chi connectivity index (χ1n) is 17.4. The number of nitrogens with zero attached hydrogens (tertiary/aromatic N) is 4. The first kappa shape index (κ1) is 40.9. The van der Waals surface area contributed by atoms with E-state index in [1.165, 1.54) is 46.8 Å². The molecule has 8 rings (SSSR count). The van der Waals surface area contributed by atoms with Gasteiger partial charge in [0.1, 0.15) is 33.4 Å². The number of ether oxygens (including phenoxy) is 3. The molecule has 0 amide bonds. The van der Waals surface area contributed by atoms with Crippen molar-refractivity contribution in [3.8, 4) is 56.8 Å². The Balaban J connectivity index is 0.000000174. The zero-order chi connectivity index (χ0) is 40.7. The number of rotatable bonds is 7. The summed E-state index contributed by atoms with van der Waals surface area (Å²) in [5.74, 6) is -0.510. The SMILES string of the molecule is COc1cc(Cl)ccc1Oc1cc(-c2c(Cl)n3n(c2=O)CCCC3)c(F)cc1Cl.O=c1c(-c2cc(Oc3ccc(Cl)cc3O)c(Cl)cc2F)c(Cl)n2n1CCCC2. The lowest BCUT2D eigenvalue weighted by Gasteiger charge is -2.17. The van der Waals surface area contributed by atoms with Gasteiger partial charge in [-0.25, -0.2) is 18.1 Å². The maximum absolute atomic E-state index is 14.8. The summed E-state index contributed by atoms with van der Waals surface area (Å²) in [6.07, 6.45) is 3.52. The Morgan fingerprint density at radius 1 is 0.544 bits per heavy atom. The van der Waals surface area contributed by atoms with E-state index in [0.717, 1.165) is 37.8 Å². The van der Waals surface area contributed by atoms with Gasteiger partial charge in [0.25, 0.3) is 11.1 Å². The number of phenolic OH excluding ortho intramolecular Hbond substituents is 1. The molecule has 0 spiro atoms. The summed E-state index contributed by atoms with van der Waals surface area (Å²) in [4.78, 5) is 25.7. The van der Waals surface area contributed by atoms with Crippen LogP contribution in [0.2, 0.25) is 30.4 Å². The lowest BCUT2D eigenvalue weighted by atomic mass is 10.1. The molecule has 0 fully saturated rings. The van der Waals surface area contributed by atoms with Crippen LogP contribution >= 0.6 is 69.6 Å². The topological polar surface area (TPSA) is 102 Å². The monoisotopic (exact) mass is 898 g/mol. The number of fused-ring (bicyclic) bond motifs is 2. The third kappa shape index (κ3) is 8.08. The van der Waals surface area contributed by atoms with Gasteiger partial charge in [-0.3, -0.25) is 19.0 Å². The molecule has 1 N–H and O–H groups in total. The van der Waals surface area contributed by atoms with E-state index >= 15 is 0 Å². The van der Waals surface area contributed by atoms with Crippen LogP contribution in [0.1, 0.15) is 25.7 Å². The minimum atomic E-state index is -0.694. The Hall–Kier alpha value is -4.30. The normalized spacial score (nSPS) is 13.4. The number of benzene rings is 4. The van der Waals surface area contributed by atoms with Crippen LogP contribution in [0.4, 0.5) is 8.78 Å². The fraction of sp³-hybridized carbons (Fsp3) is 0.231. The molecule has 2 aliphatic heterocycles. The van der Waals surface area contributed by atoms with Crippen molar-refractivity contribution < 1.29 is 28.1 Å². The molecule has 0 aliphatic carbocycles. The Bertz CT molecular complexity index is 2660. The number of methoxy groups -OCH3 is 1. The molecular weight excluding hydrogens is 871 g/mol. The molecule has 4 heterocycles. The van der Waals surface area contributed by atoms with Gasteiger partial charge in [0.05, 0.1) is 28.3 Å². The van der Waals surface area contributed by atoms with Crippen LogP contribution in [0.25, 0.3) is 22.3 Å². The fourth-order valence-electron chi connectivity index (χ4n) is 6.64. The third-order valence-electron chi connectivity index (χ3n) is 9.39. The molecule has 0 bridgehead atoms. The first-order chi connectivity index (χ1) is 27.3. The summed E-state index contributed by atoms with van der Waals surface area (Å²) in [5, 5.41) is 11.2. The molecule has 57 heavy (non-hydrogen) atoms. The Labute approximate surface area is 353 Å². The van der Waals surface area contributed by atoms with Crippen LogP contribution in [-0.2, 0) is 26.2 Å². The van der Waals surface area contributed by atoms with Crippen LogP contribution in [0.15, 0.2) is 70.3 Å².